The molecule has 2 amide bonds. The first kappa shape index (κ1) is 17.9. The number of fused-ring (bicyclic) bond motifs is 1. The van der Waals surface area contributed by atoms with Crippen molar-refractivity contribution < 1.29 is 14.0 Å². The van der Waals surface area contributed by atoms with Gasteiger partial charge in [0.1, 0.15) is 11.2 Å². The fraction of sp³-hybridized carbons (Fsp3) is 0.238. The first-order valence-corrected chi connectivity index (χ1v) is 9.07. The minimum absolute atomic E-state index is 0.121. The highest BCUT2D eigenvalue weighted by Gasteiger charge is 2.26. The Morgan fingerprint density at radius 1 is 1.11 bits per heavy atom. The molecule has 1 aromatic heterocycles. The maximum atomic E-state index is 12.7. The number of rotatable bonds is 3. The third-order valence-electron chi connectivity index (χ3n) is 4.64. The summed E-state index contributed by atoms with van der Waals surface area (Å²) in [5.41, 5.74) is 4.91. The van der Waals surface area contributed by atoms with E-state index in [0.29, 0.717) is 40.5 Å². The SMILES string of the molecule is Cc1ccc(C)c(N2N=C(C(=O)Nc3ccc4oc(C)nc4c3)CCC2=O)c1. The molecule has 0 unspecified atom stereocenters. The van der Waals surface area contributed by atoms with Crippen molar-refractivity contribution in [2.45, 2.75) is 33.6 Å². The van der Waals surface area contributed by atoms with E-state index in [9.17, 15) is 9.59 Å². The quantitative estimate of drug-likeness (QED) is 0.751. The van der Waals surface area contributed by atoms with Crippen LogP contribution in [0.15, 0.2) is 45.9 Å². The molecule has 4 rings (SSSR count). The summed E-state index contributed by atoms with van der Waals surface area (Å²) >= 11 is 0. The molecule has 0 saturated carbocycles. The highest BCUT2D eigenvalue weighted by molar-refractivity contribution is 6.44. The minimum Gasteiger partial charge on any atom is -0.441 e. The van der Waals surface area contributed by atoms with Gasteiger partial charge in [0.05, 0.1) is 5.69 Å². The molecule has 0 atom stereocenters. The molecule has 0 fully saturated rings. The van der Waals surface area contributed by atoms with Crippen LogP contribution in [0.5, 0.6) is 0 Å². The van der Waals surface area contributed by atoms with Crippen LogP contribution >= 0.6 is 0 Å². The number of carbonyl (C=O) groups excluding carboxylic acids is 2. The van der Waals surface area contributed by atoms with Crippen LogP contribution in [-0.2, 0) is 9.59 Å². The van der Waals surface area contributed by atoms with E-state index in [4.69, 9.17) is 4.42 Å². The van der Waals surface area contributed by atoms with Gasteiger partial charge in [-0.15, -0.1) is 0 Å². The third kappa shape index (κ3) is 3.38. The number of hydrogen-bond donors (Lipinski definition) is 1. The van der Waals surface area contributed by atoms with Crippen LogP contribution in [0.4, 0.5) is 11.4 Å². The first-order valence-electron chi connectivity index (χ1n) is 9.07. The van der Waals surface area contributed by atoms with E-state index in [0.717, 1.165) is 11.1 Å². The number of aryl methyl sites for hydroxylation is 3. The lowest BCUT2D eigenvalue weighted by molar-refractivity contribution is -0.118. The average molecular weight is 376 g/mol. The van der Waals surface area contributed by atoms with E-state index in [1.54, 1.807) is 25.1 Å². The number of amides is 2. The number of oxazole rings is 1. The van der Waals surface area contributed by atoms with Crippen molar-refractivity contribution in [3.63, 3.8) is 0 Å². The lowest BCUT2D eigenvalue weighted by Crippen LogP contribution is -2.36. The van der Waals surface area contributed by atoms with Gasteiger partial charge in [-0.25, -0.2) is 9.99 Å². The van der Waals surface area contributed by atoms with E-state index in [2.05, 4.69) is 15.4 Å². The molecule has 2 aromatic carbocycles. The van der Waals surface area contributed by atoms with Crippen molar-refractivity contribution in [2.75, 3.05) is 10.3 Å². The second-order valence-electron chi connectivity index (χ2n) is 6.91. The molecule has 142 valence electrons. The van der Waals surface area contributed by atoms with E-state index in [1.807, 2.05) is 32.0 Å². The monoisotopic (exact) mass is 376 g/mol. The molecule has 3 aromatic rings. The highest BCUT2D eigenvalue weighted by Crippen LogP contribution is 2.26. The highest BCUT2D eigenvalue weighted by atomic mass is 16.3. The molecule has 28 heavy (non-hydrogen) atoms. The van der Waals surface area contributed by atoms with Gasteiger partial charge in [-0.2, -0.15) is 5.10 Å². The number of benzene rings is 2. The third-order valence-corrected chi connectivity index (χ3v) is 4.64. The summed E-state index contributed by atoms with van der Waals surface area (Å²) < 4.78 is 5.45. The fourth-order valence-corrected chi connectivity index (χ4v) is 3.18. The van der Waals surface area contributed by atoms with Crippen molar-refractivity contribution in [3.05, 3.63) is 53.4 Å². The number of aromatic nitrogens is 1. The van der Waals surface area contributed by atoms with E-state index in [-0.39, 0.29) is 18.2 Å². The molecule has 1 N–H and O–H groups in total. The van der Waals surface area contributed by atoms with Crippen LogP contribution < -0.4 is 10.3 Å². The zero-order valence-electron chi connectivity index (χ0n) is 15.9. The Morgan fingerprint density at radius 3 is 2.75 bits per heavy atom. The molecule has 1 aliphatic heterocycles. The number of anilines is 2. The number of nitrogens with zero attached hydrogens (tertiary/aromatic N) is 3. The number of carbonyl (C=O) groups is 2. The molecule has 0 radical (unpaired) electrons. The number of nitrogens with one attached hydrogen (secondary N) is 1. The van der Waals surface area contributed by atoms with Gasteiger partial charge in [-0.3, -0.25) is 9.59 Å². The van der Waals surface area contributed by atoms with Crippen LogP contribution in [0.2, 0.25) is 0 Å². The van der Waals surface area contributed by atoms with E-state index >= 15 is 0 Å². The summed E-state index contributed by atoms with van der Waals surface area (Å²) in [6.07, 6.45) is 0.540. The average Bonchev–Trinajstić information content (AvgIpc) is 3.03. The molecule has 7 heteroatoms. The Morgan fingerprint density at radius 2 is 1.93 bits per heavy atom. The Labute approximate surface area is 162 Å². The Hall–Kier alpha value is -3.48. The molecule has 0 spiro atoms. The summed E-state index contributed by atoms with van der Waals surface area (Å²) in [7, 11) is 0. The zero-order valence-corrected chi connectivity index (χ0v) is 15.9. The van der Waals surface area contributed by atoms with E-state index < -0.39 is 0 Å². The van der Waals surface area contributed by atoms with Crippen LogP contribution in [-0.4, -0.2) is 22.5 Å². The summed E-state index contributed by atoms with van der Waals surface area (Å²) in [4.78, 5) is 29.4. The number of hydrazone groups is 1. The molecule has 7 nitrogen and oxygen atoms in total. The van der Waals surface area contributed by atoms with Gasteiger partial charge >= 0.3 is 0 Å². The maximum Gasteiger partial charge on any atom is 0.271 e. The largest absolute Gasteiger partial charge is 0.441 e. The topological polar surface area (TPSA) is 87.8 Å². The minimum atomic E-state index is -0.331. The fourth-order valence-electron chi connectivity index (χ4n) is 3.18. The summed E-state index contributed by atoms with van der Waals surface area (Å²) in [5, 5.41) is 8.53. The molecule has 0 saturated heterocycles. The smallest absolute Gasteiger partial charge is 0.271 e. The second-order valence-corrected chi connectivity index (χ2v) is 6.91. The van der Waals surface area contributed by atoms with Gasteiger partial charge in [0, 0.05) is 25.5 Å². The van der Waals surface area contributed by atoms with Crippen molar-refractivity contribution in [3.8, 4) is 0 Å². The molecule has 2 heterocycles. The maximum absolute atomic E-state index is 12.7. The Kier molecular flexibility index (Phi) is 4.43. The van der Waals surface area contributed by atoms with Gasteiger partial charge in [0.15, 0.2) is 11.5 Å². The van der Waals surface area contributed by atoms with Gasteiger partial charge in [0.2, 0.25) is 5.91 Å². The lowest BCUT2D eigenvalue weighted by Gasteiger charge is -2.24. The van der Waals surface area contributed by atoms with Crippen LogP contribution in [0.25, 0.3) is 11.1 Å². The standard InChI is InChI=1S/C21H20N4O3/c1-12-4-5-13(2)18(10-12)25-20(26)9-7-16(24-25)21(27)23-15-6-8-19-17(11-15)22-14(3)28-19/h4-6,8,10-11H,7,9H2,1-3H3,(H,23,27). The molecular formula is C21H20N4O3. The van der Waals surface area contributed by atoms with Gasteiger partial charge in [0.25, 0.3) is 5.91 Å². The molecule has 0 bridgehead atoms. The van der Waals surface area contributed by atoms with Crippen molar-refractivity contribution in [1.29, 1.82) is 0 Å². The summed E-state index contributed by atoms with van der Waals surface area (Å²) in [6.45, 7) is 5.64. The molecular weight excluding hydrogens is 356 g/mol. The van der Waals surface area contributed by atoms with E-state index in [1.165, 1.54) is 5.01 Å². The van der Waals surface area contributed by atoms with Crippen LogP contribution in [0.1, 0.15) is 29.9 Å². The molecule has 1 aliphatic rings. The van der Waals surface area contributed by atoms with Gasteiger partial charge in [-0.1, -0.05) is 12.1 Å². The lowest BCUT2D eigenvalue weighted by atomic mass is 10.1. The zero-order chi connectivity index (χ0) is 19.8. The number of hydrogen-bond acceptors (Lipinski definition) is 5. The van der Waals surface area contributed by atoms with Gasteiger partial charge < -0.3 is 9.73 Å². The summed E-state index contributed by atoms with van der Waals surface area (Å²) in [5.74, 6) is 0.116. The second kappa shape index (κ2) is 6.92. The predicted molar refractivity (Wildman–Crippen MR) is 107 cm³/mol. The molecule has 0 aliphatic carbocycles. The van der Waals surface area contributed by atoms with Crippen molar-refractivity contribution in [2.24, 2.45) is 5.10 Å². The summed E-state index contributed by atoms with van der Waals surface area (Å²) in [6, 6.07) is 11.1. The van der Waals surface area contributed by atoms with Gasteiger partial charge in [-0.05, 0) is 49.2 Å². The Bertz CT molecular complexity index is 1130. The Balaban J connectivity index is 1.60. The first-order chi connectivity index (χ1) is 13.4. The predicted octanol–water partition coefficient (Wildman–Crippen LogP) is 3.87. The van der Waals surface area contributed by atoms with Crippen LogP contribution in [0, 0.1) is 20.8 Å². The van der Waals surface area contributed by atoms with Crippen LogP contribution in [0.3, 0.4) is 0 Å². The normalized spacial score (nSPS) is 14.3. The van der Waals surface area contributed by atoms with Crippen molar-refractivity contribution >= 4 is 40.0 Å². The van der Waals surface area contributed by atoms with Crippen molar-refractivity contribution in [1.82, 2.24) is 4.98 Å².